The predicted octanol–water partition coefficient (Wildman–Crippen LogP) is 4.61. The van der Waals surface area contributed by atoms with Gasteiger partial charge in [-0.25, -0.2) is 0 Å². The molecule has 0 radical (unpaired) electrons. The van der Waals surface area contributed by atoms with Gasteiger partial charge in [0.2, 0.25) is 0 Å². The van der Waals surface area contributed by atoms with Crippen LogP contribution in [0.3, 0.4) is 0 Å². The molecule has 0 bridgehead atoms. The maximum Gasteiger partial charge on any atom is 0.306 e. The van der Waals surface area contributed by atoms with Crippen LogP contribution in [0.4, 0.5) is 0 Å². The van der Waals surface area contributed by atoms with Crippen LogP contribution in [-0.4, -0.2) is 75.5 Å². The maximum absolute atomic E-state index is 12.3. The molecule has 0 aromatic rings. The van der Waals surface area contributed by atoms with Crippen LogP contribution in [-0.2, 0) is 28.6 Å². The van der Waals surface area contributed by atoms with Gasteiger partial charge in [0.25, 0.3) is 0 Å². The van der Waals surface area contributed by atoms with Gasteiger partial charge in [0, 0.05) is 19.8 Å². The van der Waals surface area contributed by atoms with Crippen LogP contribution in [0.1, 0.15) is 71.6 Å². The number of allylic oxidation sites excluding steroid dienone is 10. The van der Waals surface area contributed by atoms with Crippen molar-refractivity contribution in [2.75, 3.05) is 41.0 Å². The third-order valence-corrected chi connectivity index (χ3v) is 5.73. The van der Waals surface area contributed by atoms with E-state index >= 15 is 0 Å². The summed E-state index contributed by atoms with van der Waals surface area (Å²) in [4.78, 5) is 34.8. The molecule has 0 aliphatic rings. The highest BCUT2D eigenvalue weighted by Crippen LogP contribution is 2.09. The van der Waals surface area contributed by atoms with E-state index in [9.17, 15) is 19.5 Å². The van der Waals surface area contributed by atoms with Crippen LogP contribution >= 0.6 is 0 Å². The maximum atomic E-state index is 12.3. The van der Waals surface area contributed by atoms with Crippen LogP contribution in [0, 0.1) is 0 Å². The molecule has 0 rings (SSSR count). The third kappa shape index (κ3) is 23.0. The largest absolute Gasteiger partial charge is 0.544 e. The van der Waals surface area contributed by atoms with E-state index in [1.54, 1.807) is 21.1 Å². The van der Waals surface area contributed by atoms with Crippen LogP contribution in [0.5, 0.6) is 0 Å². The third-order valence-electron chi connectivity index (χ3n) is 5.73. The van der Waals surface area contributed by atoms with Crippen molar-refractivity contribution >= 4 is 17.9 Å². The van der Waals surface area contributed by atoms with E-state index in [2.05, 4.69) is 61.6 Å². The Bertz CT molecular complexity index is 850. The summed E-state index contributed by atoms with van der Waals surface area (Å²) in [6.45, 7) is 3.44. The molecule has 40 heavy (non-hydrogen) atoms. The number of carbonyl (C=O) groups is 3. The number of hydrogen-bond donors (Lipinski definition) is 0. The first-order chi connectivity index (χ1) is 19.1. The number of carboxylic acids is 1. The minimum absolute atomic E-state index is 0.00466. The lowest BCUT2D eigenvalue weighted by molar-refractivity contribution is -0.889. The molecule has 226 valence electrons. The van der Waals surface area contributed by atoms with Crippen LogP contribution < -0.4 is 5.11 Å². The number of carbonyl (C=O) groups excluding carboxylic acids is 3. The Labute approximate surface area is 241 Å². The molecule has 0 N–H and O–H groups in total. The predicted molar refractivity (Wildman–Crippen MR) is 157 cm³/mol. The molecule has 0 amide bonds. The lowest BCUT2D eigenvalue weighted by Gasteiger charge is -2.34. The molecule has 8 heteroatoms. The second kappa shape index (κ2) is 23.9. The number of unbranched alkanes of at least 4 members (excludes halogenated alkanes) is 1. The summed E-state index contributed by atoms with van der Waals surface area (Å²) >= 11 is 0. The molecule has 0 fully saturated rings. The van der Waals surface area contributed by atoms with Gasteiger partial charge in [0.15, 0.2) is 6.10 Å². The van der Waals surface area contributed by atoms with Gasteiger partial charge < -0.3 is 28.6 Å². The standard InChI is InChI=1S/C32H51NO7/c1-6-7-8-9-10-11-12-13-14-15-16-17-18-19-20-21-22-23-31(35)40-29(27-39-28(2)34)26-38-25-24-30(32(36)37)33(3,4)5/h7-8,10-11,13-14,16-17,19-20,29-30H,6,9,12,15,18,21-27H2,1-5H3/b8-7-,11-10-,14-13-,17-16-,20-19-. The number of quaternary nitrogens is 1. The smallest absolute Gasteiger partial charge is 0.306 e. The van der Waals surface area contributed by atoms with E-state index < -0.39 is 30.1 Å². The molecule has 0 aromatic heterocycles. The Morgan fingerprint density at radius 3 is 1.80 bits per heavy atom. The van der Waals surface area contributed by atoms with Gasteiger partial charge in [-0.1, -0.05) is 67.7 Å². The number of nitrogens with zero attached hydrogens (tertiary/aromatic N) is 1. The zero-order valence-corrected chi connectivity index (χ0v) is 25.2. The van der Waals surface area contributed by atoms with Crippen molar-refractivity contribution in [1.29, 1.82) is 0 Å². The number of esters is 2. The van der Waals surface area contributed by atoms with E-state index in [0.29, 0.717) is 6.42 Å². The molecule has 2 atom stereocenters. The van der Waals surface area contributed by atoms with E-state index in [4.69, 9.17) is 14.2 Å². The summed E-state index contributed by atoms with van der Waals surface area (Å²) in [5.41, 5.74) is 0. The minimum atomic E-state index is -1.15. The minimum Gasteiger partial charge on any atom is -0.544 e. The lowest BCUT2D eigenvalue weighted by atomic mass is 10.1. The number of likely N-dealkylation sites (N-methyl/N-ethyl adjacent to an activating group) is 1. The van der Waals surface area contributed by atoms with Crippen molar-refractivity contribution in [3.63, 3.8) is 0 Å². The molecule has 0 spiro atoms. The Kier molecular flexibility index (Phi) is 22.1. The molecule has 0 saturated heterocycles. The normalized spacial score (nSPS) is 14.1. The van der Waals surface area contributed by atoms with Crippen molar-refractivity contribution in [1.82, 2.24) is 0 Å². The topological polar surface area (TPSA) is 102 Å². The van der Waals surface area contributed by atoms with Gasteiger partial charge in [0.1, 0.15) is 12.6 Å². The Morgan fingerprint density at radius 2 is 1.32 bits per heavy atom. The highest BCUT2D eigenvalue weighted by Gasteiger charge is 2.25. The second-order valence-corrected chi connectivity index (χ2v) is 10.3. The summed E-state index contributed by atoms with van der Waals surface area (Å²) in [7, 11) is 5.31. The Morgan fingerprint density at radius 1 is 0.800 bits per heavy atom. The monoisotopic (exact) mass is 561 g/mol. The van der Waals surface area contributed by atoms with Crippen molar-refractivity contribution in [3.05, 3.63) is 60.8 Å². The van der Waals surface area contributed by atoms with Gasteiger partial charge in [0.05, 0.1) is 40.3 Å². The van der Waals surface area contributed by atoms with Gasteiger partial charge in [-0.15, -0.1) is 0 Å². The van der Waals surface area contributed by atoms with Crippen LogP contribution in [0.2, 0.25) is 0 Å². The molecule has 0 heterocycles. The fourth-order valence-electron chi connectivity index (χ4n) is 3.54. The second-order valence-electron chi connectivity index (χ2n) is 10.3. The number of hydrogen-bond acceptors (Lipinski definition) is 7. The Balaban J connectivity index is 4.20. The first kappa shape index (κ1) is 37.0. The Hall–Kier alpha value is -2.97. The summed E-state index contributed by atoms with van der Waals surface area (Å²) in [5, 5.41) is 11.4. The molecule has 2 unspecified atom stereocenters. The molecular formula is C32H51NO7. The highest BCUT2D eigenvalue weighted by molar-refractivity contribution is 5.70. The fraction of sp³-hybridized carbons (Fsp3) is 0.594. The number of carboxylic acid groups (broad SMARTS) is 1. The van der Waals surface area contributed by atoms with E-state index in [1.165, 1.54) is 6.92 Å². The summed E-state index contributed by atoms with van der Waals surface area (Å²) in [6, 6.07) is -0.731. The van der Waals surface area contributed by atoms with Gasteiger partial charge in [-0.3, -0.25) is 9.59 Å². The molecule has 0 saturated carbocycles. The lowest BCUT2D eigenvalue weighted by Crippen LogP contribution is -2.55. The summed E-state index contributed by atoms with van der Waals surface area (Å²) in [5.74, 6) is -2.03. The zero-order chi connectivity index (χ0) is 30.1. The molecule has 0 aliphatic heterocycles. The SMILES string of the molecule is CC/C=C\C/C=C\C/C=C\C/C=C\C/C=C\CCCC(=O)OC(COCCC(C(=O)[O-])[N+](C)(C)C)COC(C)=O. The summed E-state index contributed by atoms with van der Waals surface area (Å²) < 4.78 is 16.2. The van der Waals surface area contributed by atoms with Gasteiger partial charge >= 0.3 is 11.9 Å². The van der Waals surface area contributed by atoms with Gasteiger partial charge in [-0.05, 0) is 44.9 Å². The fourth-order valence-corrected chi connectivity index (χ4v) is 3.54. The van der Waals surface area contributed by atoms with Crippen molar-refractivity contribution in [3.8, 4) is 0 Å². The molecular weight excluding hydrogens is 510 g/mol. The van der Waals surface area contributed by atoms with Crippen molar-refractivity contribution in [2.24, 2.45) is 0 Å². The zero-order valence-electron chi connectivity index (χ0n) is 25.2. The number of rotatable bonds is 23. The quantitative estimate of drug-likeness (QED) is 0.0777. The number of ether oxygens (including phenoxy) is 3. The molecule has 8 nitrogen and oxygen atoms in total. The molecule has 0 aromatic carbocycles. The van der Waals surface area contributed by atoms with E-state index in [-0.39, 0.29) is 37.1 Å². The first-order valence-electron chi connectivity index (χ1n) is 14.2. The average Bonchev–Trinajstić information content (AvgIpc) is 2.87. The van der Waals surface area contributed by atoms with Crippen molar-refractivity contribution < 1.29 is 38.2 Å². The highest BCUT2D eigenvalue weighted by atomic mass is 16.6. The first-order valence-corrected chi connectivity index (χ1v) is 14.2. The van der Waals surface area contributed by atoms with Crippen LogP contribution in [0.25, 0.3) is 0 Å². The van der Waals surface area contributed by atoms with E-state index in [1.807, 2.05) is 6.08 Å². The van der Waals surface area contributed by atoms with E-state index in [0.717, 1.165) is 38.5 Å². The van der Waals surface area contributed by atoms with Gasteiger partial charge in [-0.2, -0.15) is 0 Å². The van der Waals surface area contributed by atoms with Crippen molar-refractivity contribution in [2.45, 2.75) is 83.8 Å². The number of aliphatic carboxylic acids is 1. The average molecular weight is 562 g/mol. The van der Waals surface area contributed by atoms with Crippen LogP contribution in [0.15, 0.2) is 60.8 Å². The molecule has 0 aliphatic carbocycles. The summed E-state index contributed by atoms with van der Waals surface area (Å²) in [6.07, 6.45) is 27.3.